The Morgan fingerprint density at radius 2 is 2.00 bits per heavy atom. The molecule has 2 rings (SSSR count). The number of pyridine rings is 1. The normalized spacial score (nSPS) is 26.5. The molecule has 1 aromatic heterocycles. The summed E-state index contributed by atoms with van der Waals surface area (Å²) in [6.07, 6.45) is 5.73. The number of hydrogen-bond donors (Lipinski definition) is 1. The second-order valence-electron chi connectivity index (χ2n) is 6.06. The van der Waals surface area contributed by atoms with E-state index in [1.807, 2.05) is 6.20 Å². The molecule has 0 amide bonds. The topological polar surface area (TPSA) is 34.2 Å². The number of rotatable bonds is 5. The molecule has 1 fully saturated rings. The first-order valence-electron chi connectivity index (χ1n) is 7.60. The van der Waals surface area contributed by atoms with Crippen molar-refractivity contribution < 1.29 is 4.74 Å². The van der Waals surface area contributed by atoms with Gasteiger partial charge in [-0.3, -0.25) is 0 Å². The molecule has 1 saturated carbocycles. The van der Waals surface area contributed by atoms with Crippen LogP contribution in [0.3, 0.4) is 0 Å². The first kappa shape index (κ1) is 15.8. The summed E-state index contributed by atoms with van der Waals surface area (Å²) in [6.45, 7) is 8.50. The van der Waals surface area contributed by atoms with Crippen molar-refractivity contribution in [3.05, 3.63) is 22.3 Å². The number of nitrogens with one attached hydrogen (secondary N) is 1. The van der Waals surface area contributed by atoms with E-state index in [2.05, 4.69) is 53.1 Å². The number of halogens is 1. The van der Waals surface area contributed by atoms with Crippen molar-refractivity contribution in [2.75, 3.05) is 6.54 Å². The average molecular weight is 341 g/mol. The van der Waals surface area contributed by atoms with Crippen molar-refractivity contribution in [3.8, 4) is 5.88 Å². The molecule has 4 heteroatoms. The summed E-state index contributed by atoms with van der Waals surface area (Å²) in [5, 5.41) is 3.35. The predicted molar refractivity (Wildman–Crippen MR) is 85.9 cm³/mol. The van der Waals surface area contributed by atoms with Crippen LogP contribution in [0.25, 0.3) is 0 Å². The lowest BCUT2D eigenvalue weighted by molar-refractivity contribution is 0.0955. The number of ether oxygens (including phenoxy) is 1. The maximum atomic E-state index is 6.21. The molecule has 0 bridgehead atoms. The number of hydrogen-bond acceptors (Lipinski definition) is 3. The first-order chi connectivity index (χ1) is 9.58. The molecular formula is C16H25BrN2O. The van der Waals surface area contributed by atoms with Gasteiger partial charge in [-0.15, -0.1) is 0 Å². The summed E-state index contributed by atoms with van der Waals surface area (Å²) in [6, 6.07) is 2.10. The number of aromatic nitrogens is 1. The Morgan fingerprint density at radius 1 is 1.30 bits per heavy atom. The summed E-state index contributed by atoms with van der Waals surface area (Å²) < 4.78 is 7.21. The zero-order valence-electron chi connectivity index (χ0n) is 12.7. The van der Waals surface area contributed by atoms with Crippen molar-refractivity contribution in [1.82, 2.24) is 10.3 Å². The summed E-state index contributed by atoms with van der Waals surface area (Å²) in [5.74, 6) is 2.29. The van der Waals surface area contributed by atoms with E-state index in [1.165, 1.54) is 6.42 Å². The third-order valence-corrected chi connectivity index (χ3v) is 4.30. The Kier molecular flexibility index (Phi) is 5.85. The minimum atomic E-state index is 0.308. The van der Waals surface area contributed by atoms with Gasteiger partial charge < -0.3 is 10.1 Å². The fraction of sp³-hybridized carbons (Fsp3) is 0.688. The smallest absolute Gasteiger partial charge is 0.218 e. The predicted octanol–water partition coefficient (Wildman–Crippen LogP) is 4.16. The fourth-order valence-electron chi connectivity index (χ4n) is 3.09. The molecule has 0 aliphatic heterocycles. The highest BCUT2D eigenvalue weighted by molar-refractivity contribution is 9.10. The van der Waals surface area contributed by atoms with Gasteiger partial charge in [-0.1, -0.05) is 20.8 Å². The largest absolute Gasteiger partial charge is 0.474 e. The molecule has 0 spiro atoms. The van der Waals surface area contributed by atoms with Crippen molar-refractivity contribution in [1.29, 1.82) is 0 Å². The van der Waals surface area contributed by atoms with Gasteiger partial charge in [0.05, 0.1) is 0 Å². The van der Waals surface area contributed by atoms with Gasteiger partial charge in [0.1, 0.15) is 6.10 Å². The Bertz CT molecular complexity index is 428. The van der Waals surface area contributed by atoms with Crippen LogP contribution in [0.2, 0.25) is 0 Å². The van der Waals surface area contributed by atoms with Crippen LogP contribution in [-0.2, 0) is 6.54 Å². The van der Waals surface area contributed by atoms with E-state index >= 15 is 0 Å². The van der Waals surface area contributed by atoms with Gasteiger partial charge in [0, 0.05) is 22.8 Å². The van der Waals surface area contributed by atoms with Crippen LogP contribution >= 0.6 is 15.9 Å². The van der Waals surface area contributed by atoms with Crippen molar-refractivity contribution >= 4 is 15.9 Å². The van der Waals surface area contributed by atoms with Gasteiger partial charge in [0.2, 0.25) is 5.88 Å². The molecule has 20 heavy (non-hydrogen) atoms. The fourth-order valence-corrected chi connectivity index (χ4v) is 3.47. The Hall–Kier alpha value is -0.610. The monoisotopic (exact) mass is 340 g/mol. The van der Waals surface area contributed by atoms with Gasteiger partial charge in [-0.25, -0.2) is 4.98 Å². The van der Waals surface area contributed by atoms with E-state index in [0.717, 1.165) is 53.7 Å². The molecule has 1 aliphatic carbocycles. The van der Waals surface area contributed by atoms with Gasteiger partial charge in [-0.2, -0.15) is 0 Å². The standard InChI is InChI=1S/C16H25BrN2O/c1-4-18-9-13-8-14(17)10-19-16(13)20-15-6-11(2)5-12(3)7-15/h8,10-12,15,18H,4-7,9H2,1-3H3. The Morgan fingerprint density at radius 3 is 2.65 bits per heavy atom. The summed E-state index contributed by atoms with van der Waals surface area (Å²) in [5.41, 5.74) is 1.13. The van der Waals surface area contributed by atoms with Gasteiger partial charge in [0.25, 0.3) is 0 Å². The molecule has 1 heterocycles. The maximum absolute atomic E-state index is 6.21. The average Bonchev–Trinajstić information content (AvgIpc) is 2.38. The van der Waals surface area contributed by atoms with E-state index in [4.69, 9.17) is 4.74 Å². The van der Waals surface area contributed by atoms with Crippen LogP contribution in [0.4, 0.5) is 0 Å². The van der Waals surface area contributed by atoms with Gasteiger partial charge >= 0.3 is 0 Å². The molecule has 0 aromatic carbocycles. The van der Waals surface area contributed by atoms with E-state index in [1.54, 1.807) is 0 Å². The van der Waals surface area contributed by atoms with Gasteiger partial charge in [0.15, 0.2) is 0 Å². The molecule has 3 nitrogen and oxygen atoms in total. The molecule has 2 unspecified atom stereocenters. The van der Waals surface area contributed by atoms with E-state index in [9.17, 15) is 0 Å². The second-order valence-corrected chi connectivity index (χ2v) is 6.97. The lowest BCUT2D eigenvalue weighted by Gasteiger charge is -2.31. The third kappa shape index (κ3) is 4.45. The van der Waals surface area contributed by atoms with E-state index in [-0.39, 0.29) is 0 Å². The van der Waals surface area contributed by atoms with Crippen LogP contribution in [0.1, 0.15) is 45.6 Å². The summed E-state index contributed by atoms with van der Waals surface area (Å²) >= 11 is 3.49. The van der Waals surface area contributed by atoms with Crippen molar-refractivity contribution in [2.45, 2.75) is 52.7 Å². The van der Waals surface area contributed by atoms with E-state index < -0.39 is 0 Å². The molecule has 1 aliphatic rings. The highest BCUT2D eigenvalue weighted by Crippen LogP contribution is 2.32. The Labute approximate surface area is 130 Å². The quantitative estimate of drug-likeness (QED) is 0.873. The molecule has 1 N–H and O–H groups in total. The zero-order valence-corrected chi connectivity index (χ0v) is 14.2. The first-order valence-corrected chi connectivity index (χ1v) is 8.39. The van der Waals surface area contributed by atoms with Crippen molar-refractivity contribution in [3.63, 3.8) is 0 Å². The van der Waals surface area contributed by atoms with Crippen LogP contribution in [0.15, 0.2) is 16.7 Å². The molecular weight excluding hydrogens is 316 g/mol. The minimum Gasteiger partial charge on any atom is -0.474 e. The van der Waals surface area contributed by atoms with Crippen LogP contribution < -0.4 is 10.1 Å². The Balaban J connectivity index is 2.07. The molecule has 2 atom stereocenters. The van der Waals surface area contributed by atoms with Crippen LogP contribution in [0, 0.1) is 11.8 Å². The van der Waals surface area contributed by atoms with E-state index in [0.29, 0.717) is 6.10 Å². The highest BCUT2D eigenvalue weighted by Gasteiger charge is 2.26. The van der Waals surface area contributed by atoms with Crippen molar-refractivity contribution in [2.24, 2.45) is 11.8 Å². The number of nitrogens with zero attached hydrogens (tertiary/aromatic N) is 1. The minimum absolute atomic E-state index is 0.308. The highest BCUT2D eigenvalue weighted by atomic mass is 79.9. The molecule has 112 valence electrons. The van der Waals surface area contributed by atoms with Gasteiger partial charge in [-0.05, 0) is 59.6 Å². The summed E-state index contributed by atoms with van der Waals surface area (Å²) in [4.78, 5) is 4.47. The molecule has 0 radical (unpaired) electrons. The lowest BCUT2D eigenvalue weighted by Crippen LogP contribution is -2.29. The molecule has 0 saturated heterocycles. The summed E-state index contributed by atoms with van der Waals surface area (Å²) in [7, 11) is 0. The lowest BCUT2D eigenvalue weighted by atomic mass is 9.82. The second kappa shape index (κ2) is 7.41. The van der Waals surface area contributed by atoms with Crippen LogP contribution in [-0.4, -0.2) is 17.6 Å². The maximum Gasteiger partial charge on any atom is 0.218 e. The zero-order chi connectivity index (χ0) is 14.5. The SMILES string of the molecule is CCNCc1cc(Br)cnc1OC1CC(C)CC(C)C1. The molecule has 1 aromatic rings. The van der Waals surface area contributed by atoms with Crippen LogP contribution in [0.5, 0.6) is 5.88 Å². The third-order valence-electron chi connectivity index (χ3n) is 3.87.